The normalized spacial score (nSPS) is 16.8. The van der Waals surface area contributed by atoms with Crippen molar-refractivity contribution in [2.75, 3.05) is 19.7 Å². The molecule has 0 spiro atoms. The maximum absolute atomic E-state index is 8.95. The smallest absolute Gasteiger partial charge is 0.226 e. The van der Waals surface area contributed by atoms with E-state index in [1.165, 1.54) is 5.39 Å². The van der Waals surface area contributed by atoms with Gasteiger partial charge in [-0.05, 0) is 29.7 Å². The number of nitrogens with zero attached hydrogens (tertiary/aromatic N) is 3. The molecule has 1 aliphatic heterocycles. The zero-order valence-corrected chi connectivity index (χ0v) is 15.3. The Bertz CT molecular complexity index is 933. The van der Waals surface area contributed by atoms with Gasteiger partial charge in [-0.2, -0.15) is 5.26 Å². The molecule has 1 unspecified atom stereocenters. The number of oxazole rings is 1. The molecule has 27 heavy (non-hydrogen) atoms. The van der Waals surface area contributed by atoms with Gasteiger partial charge in [-0.1, -0.05) is 36.4 Å². The Hall–Kier alpha value is -2.68. The van der Waals surface area contributed by atoms with Gasteiger partial charge in [0.25, 0.3) is 0 Å². The summed E-state index contributed by atoms with van der Waals surface area (Å²) in [6.07, 6.45) is 4.69. The second-order valence-corrected chi connectivity index (χ2v) is 6.95. The average Bonchev–Trinajstić information content (AvgIpc) is 3.38. The molecule has 0 N–H and O–H groups in total. The molecule has 5 heteroatoms. The summed E-state index contributed by atoms with van der Waals surface area (Å²) in [5.74, 6) is 0.638. The Morgan fingerprint density at radius 1 is 1.19 bits per heavy atom. The molecule has 0 amide bonds. The summed E-state index contributed by atoms with van der Waals surface area (Å²) < 4.78 is 11.6. The first kappa shape index (κ1) is 17.7. The quantitative estimate of drug-likeness (QED) is 0.624. The van der Waals surface area contributed by atoms with Crippen molar-refractivity contribution < 1.29 is 9.15 Å². The minimum absolute atomic E-state index is 0.258. The first-order valence-corrected chi connectivity index (χ1v) is 9.47. The molecule has 5 nitrogen and oxygen atoms in total. The first-order valence-electron chi connectivity index (χ1n) is 9.47. The lowest BCUT2D eigenvalue weighted by atomic mass is 10.0. The fraction of sp³-hybridized carbons (Fsp3) is 0.364. The molecule has 1 aliphatic rings. The largest absolute Gasteiger partial charge is 0.444 e. The Kier molecular flexibility index (Phi) is 5.47. The van der Waals surface area contributed by atoms with Gasteiger partial charge in [0, 0.05) is 38.2 Å². The van der Waals surface area contributed by atoms with Crippen molar-refractivity contribution in [1.29, 1.82) is 5.26 Å². The number of fused-ring (bicyclic) bond motifs is 1. The highest BCUT2D eigenvalue weighted by Gasteiger charge is 2.20. The number of nitriles is 1. The van der Waals surface area contributed by atoms with Crippen molar-refractivity contribution in [3.63, 3.8) is 0 Å². The summed E-state index contributed by atoms with van der Waals surface area (Å²) in [4.78, 5) is 6.96. The Morgan fingerprint density at radius 3 is 2.93 bits per heavy atom. The van der Waals surface area contributed by atoms with Gasteiger partial charge in [0.05, 0.1) is 17.9 Å². The standard InChI is InChI=1S/C22H23N3O2/c23-11-5-12-25(15-19-8-4-13-26-19)14-18-16-27-22(24-18)21-10-3-7-17-6-1-2-9-20(17)21/h1-3,6-7,9-10,16,19H,4-5,8,12-15H2. The molecule has 138 valence electrons. The van der Waals surface area contributed by atoms with Gasteiger partial charge >= 0.3 is 0 Å². The van der Waals surface area contributed by atoms with E-state index in [9.17, 15) is 0 Å². The molecule has 1 atom stereocenters. The van der Waals surface area contributed by atoms with E-state index >= 15 is 0 Å². The van der Waals surface area contributed by atoms with E-state index in [0.717, 1.165) is 42.6 Å². The van der Waals surface area contributed by atoms with Gasteiger partial charge in [-0.15, -0.1) is 0 Å². The number of aromatic nitrogens is 1. The van der Waals surface area contributed by atoms with Crippen molar-refractivity contribution in [1.82, 2.24) is 9.88 Å². The Labute approximate surface area is 159 Å². The third kappa shape index (κ3) is 4.19. The fourth-order valence-corrected chi connectivity index (χ4v) is 3.66. The summed E-state index contributed by atoms with van der Waals surface area (Å²) in [5, 5.41) is 11.3. The van der Waals surface area contributed by atoms with E-state index in [1.54, 1.807) is 6.26 Å². The lowest BCUT2D eigenvalue weighted by Crippen LogP contribution is -2.32. The lowest BCUT2D eigenvalue weighted by molar-refractivity contribution is 0.0709. The summed E-state index contributed by atoms with van der Waals surface area (Å²) >= 11 is 0. The number of hydrogen-bond acceptors (Lipinski definition) is 5. The second-order valence-electron chi connectivity index (χ2n) is 6.95. The van der Waals surface area contributed by atoms with Crippen LogP contribution < -0.4 is 0 Å². The van der Waals surface area contributed by atoms with Crippen molar-refractivity contribution in [2.45, 2.75) is 31.9 Å². The van der Waals surface area contributed by atoms with Crippen molar-refractivity contribution >= 4 is 10.8 Å². The first-order chi connectivity index (χ1) is 13.3. The molecule has 0 bridgehead atoms. The lowest BCUT2D eigenvalue weighted by Gasteiger charge is -2.23. The molecule has 1 aromatic heterocycles. The molecule has 0 saturated carbocycles. The van der Waals surface area contributed by atoms with E-state index in [2.05, 4.69) is 29.2 Å². The highest BCUT2D eigenvalue weighted by molar-refractivity contribution is 5.94. The van der Waals surface area contributed by atoms with Crippen LogP contribution in [0.4, 0.5) is 0 Å². The molecule has 0 aliphatic carbocycles. The summed E-state index contributed by atoms with van der Waals surface area (Å²) in [6, 6.07) is 16.6. The van der Waals surface area contributed by atoms with Crippen LogP contribution in [0.15, 0.2) is 53.1 Å². The number of rotatable bonds is 7. The van der Waals surface area contributed by atoms with Crippen molar-refractivity contribution in [2.24, 2.45) is 0 Å². The van der Waals surface area contributed by atoms with E-state index < -0.39 is 0 Å². The summed E-state index contributed by atoms with van der Waals surface area (Å²) in [7, 11) is 0. The van der Waals surface area contributed by atoms with E-state index in [1.807, 2.05) is 24.3 Å². The molecule has 3 aromatic rings. The zero-order chi connectivity index (χ0) is 18.5. The van der Waals surface area contributed by atoms with Crippen LogP contribution in [0.3, 0.4) is 0 Å². The van der Waals surface area contributed by atoms with Gasteiger partial charge in [-0.3, -0.25) is 4.90 Å². The minimum Gasteiger partial charge on any atom is -0.444 e. The number of ether oxygens (including phenoxy) is 1. The Balaban J connectivity index is 1.52. The third-order valence-electron chi connectivity index (χ3n) is 4.98. The van der Waals surface area contributed by atoms with Crippen molar-refractivity contribution in [3.8, 4) is 17.5 Å². The highest BCUT2D eigenvalue weighted by Crippen LogP contribution is 2.28. The summed E-state index contributed by atoms with van der Waals surface area (Å²) in [5.41, 5.74) is 1.89. The molecule has 1 saturated heterocycles. The van der Waals surface area contributed by atoms with E-state index in [0.29, 0.717) is 25.4 Å². The molecule has 1 fully saturated rings. The SMILES string of the molecule is N#CCCN(Cc1coc(-c2cccc3ccccc23)n1)CC1CCCO1. The number of hydrogen-bond donors (Lipinski definition) is 0. The fourth-order valence-electron chi connectivity index (χ4n) is 3.66. The van der Waals surface area contributed by atoms with Gasteiger partial charge in [0.1, 0.15) is 6.26 Å². The van der Waals surface area contributed by atoms with Crippen LogP contribution in [0.2, 0.25) is 0 Å². The Morgan fingerprint density at radius 2 is 2.07 bits per heavy atom. The van der Waals surface area contributed by atoms with Crippen LogP contribution >= 0.6 is 0 Å². The predicted octanol–water partition coefficient (Wildman–Crippen LogP) is 4.39. The monoisotopic (exact) mass is 361 g/mol. The minimum atomic E-state index is 0.258. The molecular formula is C22H23N3O2. The van der Waals surface area contributed by atoms with Crippen LogP contribution in [-0.4, -0.2) is 35.7 Å². The maximum Gasteiger partial charge on any atom is 0.226 e. The molecule has 2 aromatic carbocycles. The number of benzene rings is 2. The van der Waals surface area contributed by atoms with E-state index in [4.69, 9.17) is 19.4 Å². The van der Waals surface area contributed by atoms with Crippen LogP contribution in [0.5, 0.6) is 0 Å². The van der Waals surface area contributed by atoms with E-state index in [-0.39, 0.29) is 6.10 Å². The molecule has 2 heterocycles. The highest BCUT2D eigenvalue weighted by atomic mass is 16.5. The third-order valence-corrected chi connectivity index (χ3v) is 4.98. The van der Waals surface area contributed by atoms with Gasteiger partial charge in [0.2, 0.25) is 5.89 Å². The maximum atomic E-state index is 8.95. The van der Waals surface area contributed by atoms with Crippen LogP contribution in [-0.2, 0) is 11.3 Å². The summed E-state index contributed by atoms with van der Waals surface area (Å²) in [6.45, 7) is 3.05. The van der Waals surface area contributed by atoms with Gasteiger partial charge in [0.15, 0.2) is 0 Å². The molecular weight excluding hydrogens is 338 g/mol. The zero-order valence-electron chi connectivity index (χ0n) is 15.3. The van der Waals surface area contributed by atoms with Gasteiger partial charge < -0.3 is 9.15 Å². The van der Waals surface area contributed by atoms with Gasteiger partial charge in [-0.25, -0.2) is 4.98 Å². The molecule has 0 radical (unpaired) electrons. The van der Waals surface area contributed by atoms with Crippen LogP contribution in [0.25, 0.3) is 22.2 Å². The second kappa shape index (κ2) is 8.34. The van der Waals surface area contributed by atoms with Crippen LogP contribution in [0, 0.1) is 11.3 Å². The molecule has 4 rings (SSSR count). The van der Waals surface area contributed by atoms with Crippen LogP contribution in [0.1, 0.15) is 25.0 Å². The average molecular weight is 361 g/mol. The van der Waals surface area contributed by atoms with Crippen molar-refractivity contribution in [3.05, 3.63) is 54.4 Å². The predicted molar refractivity (Wildman–Crippen MR) is 104 cm³/mol. The topological polar surface area (TPSA) is 62.3 Å².